The van der Waals surface area contributed by atoms with Crippen LogP contribution in [0.15, 0.2) is 24.3 Å². The van der Waals surface area contributed by atoms with Crippen molar-refractivity contribution in [2.24, 2.45) is 5.41 Å². The Morgan fingerprint density at radius 2 is 1.90 bits per heavy atom. The number of aromatic carboxylic acids is 1. The zero-order chi connectivity index (χ0) is 15.9. The van der Waals surface area contributed by atoms with Crippen LogP contribution in [0.1, 0.15) is 24.2 Å². The summed E-state index contributed by atoms with van der Waals surface area (Å²) in [5.74, 6) is -0.235. The van der Waals surface area contributed by atoms with Gasteiger partial charge in [0.1, 0.15) is 12.4 Å². The van der Waals surface area contributed by atoms with Crippen LogP contribution in [0.5, 0.6) is 5.75 Å². The van der Waals surface area contributed by atoms with Gasteiger partial charge in [0.15, 0.2) is 0 Å². The minimum atomic E-state index is -0.925. The number of nitrogens with one attached hydrogen (secondary N) is 1. The molecular formula is C16H26N2O3. The van der Waals surface area contributed by atoms with Gasteiger partial charge >= 0.3 is 5.97 Å². The quantitative estimate of drug-likeness (QED) is 0.682. The Labute approximate surface area is 126 Å². The predicted octanol–water partition coefficient (Wildman–Crippen LogP) is 1.94. The van der Waals surface area contributed by atoms with Crippen molar-refractivity contribution in [2.45, 2.75) is 13.8 Å². The second-order valence-electron chi connectivity index (χ2n) is 6.26. The van der Waals surface area contributed by atoms with Crippen molar-refractivity contribution < 1.29 is 14.6 Å². The van der Waals surface area contributed by atoms with E-state index in [4.69, 9.17) is 9.84 Å². The highest BCUT2D eigenvalue weighted by Gasteiger charge is 2.17. The molecule has 1 aromatic rings. The highest BCUT2D eigenvalue weighted by Crippen LogP contribution is 2.14. The summed E-state index contributed by atoms with van der Waals surface area (Å²) in [5, 5.41) is 12.2. The molecule has 0 saturated heterocycles. The molecule has 1 rings (SSSR count). The maximum Gasteiger partial charge on any atom is 0.335 e. The van der Waals surface area contributed by atoms with Crippen molar-refractivity contribution >= 4 is 5.97 Å². The summed E-state index contributed by atoms with van der Waals surface area (Å²) >= 11 is 0. The molecule has 21 heavy (non-hydrogen) atoms. The van der Waals surface area contributed by atoms with E-state index >= 15 is 0 Å². The molecule has 0 fully saturated rings. The third-order valence-corrected chi connectivity index (χ3v) is 3.00. The summed E-state index contributed by atoms with van der Waals surface area (Å²) in [6, 6.07) is 6.45. The van der Waals surface area contributed by atoms with E-state index in [0.29, 0.717) is 12.4 Å². The topological polar surface area (TPSA) is 61.8 Å². The van der Waals surface area contributed by atoms with Gasteiger partial charge in [0.05, 0.1) is 5.56 Å². The smallest absolute Gasteiger partial charge is 0.335 e. The minimum absolute atomic E-state index is 0.215. The SMILES string of the molecule is CN(C)CC(C)(C)CNCCOc1ccc(C(=O)O)cc1. The fraction of sp³-hybridized carbons (Fsp3) is 0.562. The molecule has 0 unspecified atom stereocenters. The van der Waals surface area contributed by atoms with Gasteiger partial charge in [0.25, 0.3) is 0 Å². The summed E-state index contributed by atoms with van der Waals surface area (Å²) < 4.78 is 5.57. The number of carbonyl (C=O) groups is 1. The lowest BCUT2D eigenvalue weighted by atomic mass is 9.93. The van der Waals surface area contributed by atoms with E-state index in [1.165, 1.54) is 0 Å². The molecule has 0 spiro atoms. The van der Waals surface area contributed by atoms with Crippen LogP contribution in [0.2, 0.25) is 0 Å². The molecule has 5 nitrogen and oxygen atoms in total. The Kier molecular flexibility index (Phi) is 6.65. The third-order valence-electron chi connectivity index (χ3n) is 3.00. The Balaban J connectivity index is 2.23. The molecule has 0 atom stereocenters. The Hall–Kier alpha value is -1.59. The average molecular weight is 294 g/mol. The monoisotopic (exact) mass is 294 g/mol. The van der Waals surface area contributed by atoms with Gasteiger partial charge in [0.2, 0.25) is 0 Å². The predicted molar refractivity (Wildman–Crippen MR) is 84.1 cm³/mol. The molecule has 0 amide bonds. The van der Waals surface area contributed by atoms with Crippen LogP contribution < -0.4 is 10.1 Å². The normalized spacial score (nSPS) is 11.7. The number of ether oxygens (including phenoxy) is 1. The van der Waals surface area contributed by atoms with E-state index in [-0.39, 0.29) is 11.0 Å². The number of carboxylic acids is 1. The van der Waals surface area contributed by atoms with Gasteiger partial charge in [-0.3, -0.25) is 0 Å². The summed E-state index contributed by atoms with van der Waals surface area (Å²) in [5.41, 5.74) is 0.484. The maximum absolute atomic E-state index is 10.7. The Bertz CT molecular complexity index is 441. The van der Waals surface area contributed by atoms with Crippen LogP contribution in [-0.2, 0) is 0 Å². The van der Waals surface area contributed by atoms with Gasteiger partial charge in [-0.2, -0.15) is 0 Å². The summed E-state index contributed by atoms with van der Waals surface area (Å²) in [6.45, 7) is 7.73. The van der Waals surface area contributed by atoms with Crippen LogP contribution in [0, 0.1) is 5.41 Å². The Morgan fingerprint density at radius 3 is 2.43 bits per heavy atom. The van der Waals surface area contributed by atoms with Crippen molar-refractivity contribution in [3.8, 4) is 5.75 Å². The lowest BCUT2D eigenvalue weighted by molar-refractivity contribution is 0.0697. The molecule has 0 heterocycles. The summed E-state index contributed by atoms with van der Waals surface area (Å²) in [6.07, 6.45) is 0. The lowest BCUT2D eigenvalue weighted by Crippen LogP contribution is -2.38. The lowest BCUT2D eigenvalue weighted by Gasteiger charge is -2.28. The van der Waals surface area contributed by atoms with Crippen LogP contribution in [0.4, 0.5) is 0 Å². The first-order valence-corrected chi connectivity index (χ1v) is 7.12. The first-order valence-electron chi connectivity index (χ1n) is 7.12. The van der Waals surface area contributed by atoms with Crippen LogP contribution in [0.25, 0.3) is 0 Å². The molecule has 0 aliphatic heterocycles. The fourth-order valence-corrected chi connectivity index (χ4v) is 2.27. The van der Waals surface area contributed by atoms with E-state index in [1.807, 2.05) is 0 Å². The zero-order valence-electron chi connectivity index (χ0n) is 13.3. The molecule has 2 N–H and O–H groups in total. The third kappa shape index (κ3) is 7.11. The fourth-order valence-electron chi connectivity index (χ4n) is 2.27. The highest BCUT2D eigenvalue weighted by atomic mass is 16.5. The molecule has 118 valence electrons. The van der Waals surface area contributed by atoms with Crippen molar-refractivity contribution in [3.05, 3.63) is 29.8 Å². The van der Waals surface area contributed by atoms with Gasteiger partial charge in [0, 0.05) is 19.6 Å². The van der Waals surface area contributed by atoms with Gasteiger partial charge < -0.3 is 20.1 Å². The first kappa shape index (κ1) is 17.5. The Morgan fingerprint density at radius 1 is 1.29 bits per heavy atom. The molecule has 0 aromatic heterocycles. The molecule has 0 bridgehead atoms. The van der Waals surface area contributed by atoms with E-state index in [2.05, 4.69) is 38.2 Å². The van der Waals surface area contributed by atoms with Crippen molar-refractivity contribution in [2.75, 3.05) is 40.3 Å². The number of rotatable bonds is 9. The largest absolute Gasteiger partial charge is 0.492 e. The summed E-state index contributed by atoms with van der Waals surface area (Å²) in [4.78, 5) is 12.9. The van der Waals surface area contributed by atoms with Crippen molar-refractivity contribution in [1.29, 1.82) is 0 Å². The van der Waals surface area contributed by atoms with Gasteiger partial charge in [-0.25, -0.2) is 4.79 Å². The van der Waals surface area contributed by atoms with Crippen molar-refractivity contribution in [3.63, 3.8) is 0 Å². The molecule has 0 saturated carbocycles. The van der Waals surface area contributed by atoms with E-state index in [0.717, 1.165) is 19.6 Å². The zero-order valence-corrected chi connectivity index (χ0v) is 13.3. The van der Waals surface area contributed by atoms with Gasteiger partial charge in [-0.1, -0.05) is 13.8 Å². The minimum Gasteiger partial charge on any atom is -0.492 e. The molecule has 0 aliphatic carbocycles. The van der Waals surface area contributed by atoms with Gasteiger partial charge in [-0.05, 0) is 43.8 Å². The molecule has 5 heteroatoms. The highest BCUT2D eigenvalue weighted by molar-refractivity contribution is 5.87. The maximum atomic E-state index is 10.7. The number of carboxylic acid groups (broad SMARTS) is 1. The summed E-state index contributed by atoms with van der Waals surface area (Å²) in [7, 11) is 4.15. The van der Waals surface area contributed by atoms with Crippen LogP contribution >= 0.6 is 0 Å². The first-order chi connectivity index (χ1) is 9.80. The second-order valence-corrected chi connectivity index (χ2v) is 6.26. The van der Waals surface area contributed by atoms with E-state index in [1.54, 1.807) is 24.3 Å². The van der Waals surface area contributed by atoms with E-state index in [9.17, 15) is 4.79 Å². The second kappa shape index (κ2) is 8.00. The van der Waals surface area contributed by atoms with Crippen molar-refractivity contribution in [1.82, 2.24) is 10.2 Å². The van der Waals surface area contributed by atoms with Crippen LogP contribution in [0.3, 0.4) is 0 Å². The molecule has 1 aromatic carbocycles. The van der Waals surface area contributed by atoms with E-state index < -0.39 is 5.97 Å². The molecular weight excluding hydrogens is 268 g/mol. The number of hydrogen-bond acceptors (Lipinski definition) is 4. The average Bonchev–Trinajstić information content (AvgIpc) is 2.37. The number of nitrogens with zero attached hydrogens (tertiary/aromatic N) is 1. The molecule has 0 radical (unpaired) electrons. The number of hydrogen-bond donors (Lipinski definition) is 2. The number of benzene rings is 1. The standard InChI is InChI=1S/C16H26N2O3/c1-16(2,12-18(3)4)11-17-9-10-21-14-7-5-13(6-8-14)15(19)20/h5-8,17H,9-12H2,1-4H3,(H,19,20). The molecule has 0 aliphatic rings. The van der Waals surface area contributed by atoms with Gasteiger partial charge in [-0.15, -0.1) is 0 Å². The van der Waals surface area contributed by atoms with Crippen LogP contribution in [-0.4, -0.2) is 56.3 Å².